The highest BCUT2D eigenvalue weighted by atomic mass is 19.4. The minimum absolute atomic E-state index is 0.0112. The quantitative estimate of drug-likeness (QED) is 0.0845. The smallest absolute Gasteiger partial charge is 0.430 e. The lowest BCUT2D eigenvalue weighted by atomic mass is 9.84. The van der Waals surface area contributed by atoms with Crippen molar-refractivity contribution in [2.24, 2.45) is 0 Å². The van der Waals surface area contributed by atoms with Crippen molar-refractivity contribution in [3.8, 4) is 33.8 Å². The Bertz CT molecular complexity index is 2550. The normalized spacial score (nSPS) is 17.7. The topological polar surface area (TPSA) is 282 Å². The Labute approximate surface area is 408 Å². The van der Waals surface area contributed by atoms with Gasteiger partial charge in [-0.05, 0) is 109 Å². The highest BCUT2D eigenvalue weighted by Gasteiger charge is 2.36. The fourth-order valence-corrected chi connectivity index (χ4v) is 8.52. The van der Waals surface area contributed by atoms with Crippen LogP contribution in [0, 0.1) is 0 Å². The average molecular weight is 989 g/mol. The summed E-state index contributed by atoms with van der Waals surface area (Å²) in [6.45, 7) is 1.95. The first-order valence-electron chi connectivity index (χ1n) is 23.3. The number of quaternary nitrogens is 1. The number of hydrogen-bond acceptors (Lipinski definition) is 10. The molecular formula is C51H59F3N6O11. The molecule has 1 saturated carbocycles. The second-order valence-corrected chi connectivity index (χ2v) is 17.6. The Morgan fingerprint density at radius 2 is 1.39 bits per heavy atom. The maximum absolute atomic E-state index is 14.4. The van der Waals surface area contributed by atoms with E-state index in [4.69, 9.17) is 9.90 Å². The molecule has 0 radical (unpaired) electrons. The number of aliphatic carboxylic acids is 2. The molecule has 0 unspecified atom stereocenters. The highest BCUT2D eigenvalue weighted by Crippen LogP contribution is 2.39. The number of carboxylic acids is 2. The lowest BCUT2D eigenvalue weighted by Crippen LogP contribution is -2.55. The van der Waals surface area contributed by atoms with Crippen LogP contribution >= 0.6 is 0 Å². The predicted molar refractivity (Wildman–Crippen MR) is 251 cm³/mol. The summed E-state index contributed by atoms with van der Waals surface area (Å²) in [6.07, 6.45) is 2.20. The van der Waals surface area contributed by atoms with Gasteiger partial charge in [0.1, 0.15) is 41.6 Å². The number of amides is 5. The van der Waals surface area contributed by atoms with Gasteiger partial charge < -0.3 is 57.1 Å². The SMILES string of the molecule is C[C@@H]1NC(=O)[C@@H](N(C)C(=O)[C@H](CCCC[NH3+])NC(=O)CCNC(=O)c2ccc(-c3ccc(C4CCCCC4)cc3)cc2)c2ccc(O)c(c2)-c2cc(ccc2O)C[C@@H](C(=O)O)NC1=O.O=C([O-])C(F)(F)F. The van der Waals surface area contributed by atoms with Gasteiger partial charge in [-0.3, -0.25) is 24.0 Å². The number of nitrogens with zero attached hydrogens (tertiary/aromatic N) is 1. The van der Waals surface area contributed by atoms with E-state index in [1.165, 1.54) is 88.0 Å². The van der Waals surface area contributed by atoms with Gasteiger partial charge in [0.25, 0.3) is 5.91 Å². The summed E-state index contributed by atoms with van der Waals surface area (Å²) < 4.78 is 31.5. The molecule has 71 heavy (non-hydrogen) atoms. The van der Waals surface area contributed by atoms with Crippen molar-refractivity contribution < 1.29 is 72.9 Å². The van der Waals surface area contributed by atoms with E-state index in [0.717, 1.165) is 16.0 Å². The molecule has 1 fully saturated rings. The number of halogens is 3. The third-order valence-corrected chi connectivity index (χ3v) is 12.4. The zero-order chi connectivity index (χ0) is 52.0. The molecular weight excluding hydrogens is 930 g/mol. The van der Waals surface area contributed by atoms with Gasteiger partial charge in [-0.15, -0.1) is 0 Å². The van der Waals surface area contributed by atoms with Crippen molar-refractivity contribution in [1.82, 2.24) is 26.2 Å². The monoisotopic (exact) mass is 988 g/mol. The molecule has 4 aromatic carbocycles. The van der Waals surface area contributed by atoms with Crippen molar-refractivity contribution in [1.29, 1.82) is 0 Å². The van der Waals surface area contributed by atoms with Gasteiger partial charge in [-0.25, -0.2) is 4.79 Å². The molecule has 17 nitrogen and oxygen atoms in total. The van der Waals surface area contributed by atoms with E-state index in [1.807, 2.05) is 12.1 Å². The van der Waals surface area contributed by atoms with Crippen LogP contribution in [0.5, 0.6) is 11.5 Å². The molecule has 380 valence electrons. The van der Waals surface area contributed by atoms with Gasteiger partial charge in [-0.1, -0.05) is 67.8 Å². The van der Waals surface area contributed by atoms with Gasteiger partial charge >= 0.3 is 12.1 Å². The van der Waals surface area contributed by atoms with Gasteiger partial charge in [0, 0.05) is 43.1 Å². The number of likely N-dealkylation sites (N-methyl/N-ethyl adjacent to an activating group) is 1. The first-order valence-corrected chi connectivity index (χ1v) is 23.3. The van der Waals surface area contributed by atoms with Crippen LogP contribution in [0.3, 0.4) is 0 Å². The van der Waals surface area contributed by atoms with Crippen molar-refractivity contribution in [2.45, 2.75) is 107 Å². The Kier molecular flexibility index (Phi) is 19.1. The van der Waals surface area contributed by atoms with E-state index in [9.17, 15) is 57.3 Å². The Morgan fingerprint density at radius 3 is 1.99 bits per heavy atom. The number of carboxylic acid groups (broad SMARTS) is 2. The number of nitrogens with one attached hydrogen (secondary N) is 4. The van der Waals surface area contributed by atoms with Crippen LogP contribution in [0.15, 0.2) is 84.9 Å². The molecule has 1 aliphatic carbocycles. The summed E-state index contributed by atoms with van der Waals surface area (Å²) in [7, 11) is 1.38. The molecule has 10 N–H and O–H groups in total. The van der Waals surface area contributed by atoms with Crippen LogP contribution in [0.25, 0.3) is 22.3 Å². The van der Waals surface area contributed by atoms with E-state index in [-0.39, 0.29) is 59.9 Å². The molecule has 1 heterocycles. The molecule has 0 spiro atoms. The van der Waals surface area contributed by atoms with Gasteiger partial charge in [0.2, 0.25) is 23.6 Å². The molecule has 20 heteroatoms. The van der Waals surface area contributed by atoms with E-state index in [0.29, 0.717) is 36.4 Å². The number of hydrogen-bond donors (Lipinski definition) is 8. The Hall–Kier alpha value is -7.48. The highest BCUT2D eigenvalue weighted by molar-refractivity contribution is 5.97. The number of phenols is 2. The van der Waals surface area contributed by atoms with Crippen molar-refractivity contribution >= 4 is 41.5 Å². The zero-order valence-corrected chi connectivity index (χ0v) is 39.4. The molecule has 6 rings (SSSR count). The first kappa shape index (κ1) is 54.5. The van der Waals surface area contributed by atoms with Crippen molar-refractivity contribution in [3.63, 3.8) is 0 Å². The summed E-state index contributed by atoms with van der Waals surface area (Å²) in [5.74, 6) is -7.30. The van der Waals surface area contributed by atoms with Gasteiger partial charge in [-0.2, -0.15) is 13.2 Å². The minimum atomic E-state index is -5.19. The summed E-state index contributed by atoms with van der Waals surface area (Å²) in [6, 6.07) is 19.3. The third kappa shape index (κ3) is 15.0. The number of carbonyl (C=O) groups is 7. The van der Waals surface area contributed by atoms with Gasteiger partial charge in [0.05, 0.1) is 6.54 Å². The summed E-state index contributed by atoms with van der Waals surface area (Å²) >= 11 is 0. The molecule has 0 saturated heterocycles. The number of carbonyl (C=O) groups excluding carboxylic acids is 6. The lowest BCUT2D eigenvalue weighted by Gasteiger charge is -2.32. The van der Waals surface area contributed by atoms with E-state index in [2.05, 4.69) is 51.3 Å². The minimum Gasteiger partial charge on any atom is -0.542 e. The second-order valence-electron chi connectivity index (χ2n) is 17.6. The number of aromatic hydroxyl groups is 2. The maximum Gasteiger partial charge on any atom is 0.430 e. The second kappa shape index (κ2) is 24.9. The number of rotatable bonds is 14. The molecule has 2 aliphatic rings. The largest absolute Gasteiger partial charge is 0.542 e. The third-order valence-electron chi connectivity index (χ3n) is 12.4. The van der Waals surface area contributed by atoms with E-state index in [1.54, 1.807) is 12.1 Å². The van der Waals surface area contributed by atoms with E-state index >= 15 is 0 Å². The van der Waals surface area contributed by atoms with Crippen LogP contribution in [0.2, 0.25) is 0 Å². The Balaban J connectivity index is 0.00000124. The summed E-state index contributed by atoms with van der Waals surface area (Å²) in [5, 5.41) is 51.2. The van der Waals surface area contributed by atoms with Crippen LogP contribution < -0.4 is 32.1 Å². The molecule has 4 atom stereocenters. The van der Waals surface area contributed by atoms with Crippen LogP contribution in [-0.2, 0) is 35.2 Å². The Morgan fingerprint density at radius 1 is 0.817 bits per heavy atom. The standard InChI is InChI=1S/C49H58N6O9.C2HF3O2/c1-29-45(59)54-40(49(63)64)27-30-11-21-41(56)37(26-30)38-28-36(20-22-42(38)57)44(47(61)52-29)55(2)48(62)39(10-6-7-24-50)53-43(58)23-25-51-46(60)35-18-16-34(17-19-35)33-14-12-32(13-15-33)31-8-4-3-5-9-31;3-2(4,5)1(6)7/h11-22,26,28-29,31,39-40,44,56-57H,3-10,23-25,27,50H2,1-2H3,(H,51,60)(H,52,61)(H,53,58)(H,54,59)(H,63,64);(H,6,7)/t29-,39-,40-,44-;/m0./s1. The molecule has 5 amide bonds. The lowest BCUT2D eigenvalue weighted by molar-refractivity contribution is -0.368. The van der Waals surface area contributed by atoms with Gasteiger partial charge in [0.15, 0.2) is 0 Å². The average Bonchev–Trinajstić information content (AvgIpc) is 3.34. The number of benzene rings is 4. The molecule has 0 aromatic heterocycles. The van der Waals surface area contributed by atoms with Crippen molar-refractivity contribution in [3.05, 3.63) is 107 Å². The molecule has 4 bridgehead atoms. The number of unbranched alkanes of at least 4 members (excludes halogenated alkanes) is 1. The van der Waals surface area contributed by atoms with Crippen LogP contribution in [0.1, 0.15) is 104 Å². The zero-order valence-electron chi connectivity index (χ0n) is 39.4. The molecule has 4 aromatic rings. The number of fused-ring (bicyclic) bond motifs is 5. The number of phenolic OH excluding ortho intramolecular Hbond substituents is 2. The summed E-state index contributed by atoms with van der Waals surface area (Å²) in [5.41, 5.74) is 8.61. The summed E-state index contributed by atoms with van der Waals surface area (Å²) in [4.78, 5) is 90.4. The van der Waals surface area contributed by atoms with Crippen LogP contribution in [0.4, 0.5) is 13.2 Å². The van der Waals surface area contributed by atoms with Crippen LogP contribution in [-0.4, -0.2) is 106 Å². The fraction of sp³-hybridized carbons (Fsp3) is 0.392. The van der Waals surface area contributed by atoms with E-state index < -0.39 is 65.9 Å². The van der Waals surface area contributed by atoms with Crippen molar-refractivity contribution in [2.75, 3.05) is 20.1 Å². The predicted octanol–water partition coefficient (Wildman–Crippen LogP) is 3.62. The number of alkyl halides is 3. The maximum atomic E-state index is 14.4. The fourth-order valence-electron chi connectivity index (χ4n) is 8.52. The first-order chi connectivity index (χ1) is 33.7. The molecule has 1 aliphatic heterocycles.